The average molecular weight is 1290 g/mol. The zero-order chi connectivity index (χ0) is 66.4. The minimum absolute atomic E-state index is 0.254. The molecule has 4 nitrogen and oxygen atoms in total. The van der Waals surface area contributed by atoms with Crippen LogP contribution in [0.3, 0.4) is 0 Å². The molecule has 0 N–H and O–H groups in total. The molecule has 101 heavy (non-hydrogen) atoms. The van der Waals surface area contributed by atoms with Crippen molar-refractivity contribution in [3.63, 3.8) is 0 Å². The fraction of sp³-hybridized carbons (Fsp3) is 0.0625. The number of para-hydroxylation sites is 4. The average Bonchev–Trinajstić information content (AvgIpc) is 1.64. The molecule has 23 rings (SSSR count). The third-order valence-corrected chi connectivity index (χ3v) is 23.9. The van der Waals surface area contributed by atoms with Crippen LogP contribution in [0.4, 0.5) is 34.1 Å². The molecule has 2 aromatic heterocycles. The zero-order valence-corrected chi connectivity index (χ0v) is 55.8. The summed E-state index contributed by atoms with van der Waals surface area (Å²) in [6, 6.07) is 119. The Morgan fingerprint density at radius 3 is 0.970 bits per heavy atom. The van der Waals surface area contributed by atoms with Crippen molar-refractivity contribution in [2.24, 2.45) is 0 Å². The molecule has 17 aromatic rings. The maximum Gasteiger partial charge on any atom is 0.252 e. The van der Waals surface area contributed by atoms with Gasteiger partial charge >= 0.3 is 0 Å². The van der Waals surface area contributed by atoms with Crippen molar-refractivity contribution in [2.75, 3.05) is 9.80 Å². The number of hydrogen-bond donors (Lipinski definition) is 0. The van der Waals surface area contributed by atoms with Gasteiger partial charge in [-0.15, -0.1) is 0 Å². The first-order chi connectivity index (χ1) is 49.8. The number of hydrogen-bond acceptors (Lipinski definition) is 4. The van der Waals surface area contributed by atoms with Gasteiger partial charge in [0.1, 0.15) is 11.2 Å². The second kappa shape index (κ2) is 19.7. The molecule has 2 aliphatic heterocycles. The number of anilines is 6. The van der Waals surface area contributed by atoms with Gasteiger partial charge in [0.25, 0.3) is 6.71 Å². The van der Waals surface area contributed by atoms with Crippen molar-refractivity contribution in [2.45, 2.75) is 37.0 Å². The van der Waals surface area contributed by atoms with Gasteiger partial charge in [-0.3, -0.25) is 0 Å². The number of benzene rings is 15. The van der Waals surface area contributed by atoms with Crippen LogP contribution in [0.2, 0.25) is 0 Å². The molecule has 0 radical (unpaired) electrons. The van der Waals surface area contributed by atoms with Crippen molar-refractivity contribution in [1.82, 2.24) is 0 Å². The van der Waals surface area contributed by atoms with Gasteiger partial charge in [-0.05, 0) is 176 Å². The van der Waals surface area contributed by atoms with Crippen LogP contribution in [-0.4, -0.2) is 6.71 Å². The predicted octanol–water partition coefficient (Wildman–Crippen LogP) is 22.9. The van der Waals surface area contributed by atoms with Crippen molar-refractivity contribution >= 4 is 101 Å². The molecular formula is C96H61BN2O2. The summed E-state index contributed by atoms with van der Waals surface area (Å²) in [5.41, 5.74) is 38.9. The molecule has 4 aliphatic carbocycles. The molecule has 6 aliphatic rings. The first-order valence-electron chi connectivity index (χ1n) is 35.5. The Labute approximate surface area is 585 Å². The van der Waals surface area contributed by atoms with Crippen LogP contribution in [0.15, 0.2) is 324 Å². The van der Waals surface area contributed by atoms with Crippen LogP contribution >= 0.6 is 0 Å². The van der Waals surface area contributed by atoms with Crippen LogP contribution in [0.1, 0.15) is 70.8 Å². The normalized spacial score (nSPS) is 14.6. The van der Waals surface area contributed by atoms with E-state index in [1.165, 1.54) is 100 Å². The fourth-order valence-electron chi connectivity index (χ4n) is 19.8. The Hall–Kier alpha value is -12.4. The van der Waals surface area contributed by atoms with E-state index in [1.54, 1.807) is 0 Å². The van der Waals surface area contributed by atoms with E-state index in [2.05, 4.69) is 346 Å². The summed E-state index contributed by atoms with van der Waals surface area (Å²) in [5.74, 6) is 0. The van der Waals surface area contributed by atoms with E-state index < -0.39 is 10.8 Å². The van der Waals surface area contributed by atoms with E-state index in [9.17, 15) is 0 Å². The van der Waals surface area contributed by atoms with Crippen LogP contribution in [-0.2, 0) is 16.2 Å². The van der Waals surface area contributed by atoms with Gasteiger partial charge in [-0.1, -0.05) is 288 Å². The summed E-state index contributed by atoms with van der Waals surface area (Å²) in [5, 5.41) is 4.34. The van der Waals surface area contributed by atoms with E-state index >= 15 is 0 Å². The minimum atomic E-state index is -0.462. The van der Waals surface area contributed by atoms with Gasteiger partial charge in [0.2, 0.25) is 0 Å². The number of furan rings is 2. The van der Waals surface area contributed by atoms with Gasteiger partial charge in [0.05, 0.1) is 33.6 Å². The van der Waals surface area contributed by atoms with Crippen LogP contribution < -0.4 is 26.2 Å². The Morgan fingerprint density at radius 2 is 0.594 bits per heavy atom. The Balaban J connectivity index is 0.789. The number of rotatable bonds is 4. The highest BCUT2D eigenvalue weighted by molar-refractivity contribution is 7.00. The van der Waals surface area contributed by atoms with Crippen LogP contribution in [0.5, 0.6) is 0 Å². The first-order valence-corrected chi connectivity index (χ1v) is 35.5. The van der Waals surface area contributed by atoms with Gasteiger partial charge in [-0.2, -0.15) is 0 Å². The lowest BCUT2D eigenvalue weighted by Gasteiger charge is -2.45. The Kier molecular flexibility index (Phi) is 10.8. The lowest BCUT2D eigenvalue weighted by atomic mass is 9.33. The smallest absolute Gasteiger partial charge is 0.252 e. The first kappa shape index (κ1) is 55.6. The molecule has 0 fully saturated rings. The summed E-state index contributed by atoms with van der Waals surface area (Å²) in [7, 11) is 0. The molecule has 4 heterocycles. The molecule has 0 saturated heterocycles. The van der Waals surface area contributed by atoms with E-state index in [-0.39, 0.29) is 12.1 Å². The van der Waals surface area contributed by atoms with Gasteiger partial charge < -0.3 is 18.6 Å². The highest BCUT2D eigenvalue weighted by Gasteiger charge is 2.54. The molecule has 15 aromatic carbocycles. The SMILES string of the molecule is CC(C)(C)c1cc2c3c(c1)N(c1ccccc1-c1ccc4c(c1)-c1ccccc1C41c4ccccc4-c4ccccc41)c1c(ccc4c1oc1ccccc14)B3c1ccc3c(oc4ccccc43)c1N2c1ccccc1-c1ccc2c(c1)-c1ccccc1C21c2ccccc2-c2ccccc21. The molecule has 0 saturated carbocycles. The van der Waals surface area contributed by atoms with E-state index in [1.807, 2.05) is 0 Å². The highest BCUT2D eigenvalue weighted by Crippen LogP contribution is 2.66. The van der Waals surface area contributed by atoms with Crippen LogP contribution in [0.25, 0.3) is 111 Å². The van der Waals surface area contributed by atoms with Gasteiger partial charge in [0.15, 0.2) is 11.2 Å². The fourth-order valence-corrected chi connectivity index (χ4v) is 19.8. The van der Waals surface area contributed by atoms with E-state index in [0.717, 1.165) is 111 Å². The molecule has 5 heteroatoms. The van der Waals surface area contributed by atoms with Gasteiger partial charge in [0, 0.05) is 44.0 Å². The summed E-state index contributed by atoms with van der Waals surface area (Å²) in [6.45, 7) is 6.84. The molecule has 0 unspecified atom stereocenters. The summed E-state index contributed by atoms with van der Waals surface area (Å²) in [4.78, 5) is 5.21. The number of fused-ring (bicyclic) bond motifs is 32. The molecular weight excluding hydrogens is 1220 g/mol. The Bertz CT molecular complexity index is 6100. The standard InChI is InChI=1S/C96H61BN2O2/c1-94(2,3)58-54-85-89-86(55-58)99(84-41-21-11-25-60(84)57-45-49-80-72(53-57)66-31-9-19-39-78(66)96(80)75-36-16-6-28-63(75)64-29-7-17-37-76(64)96)91-82(51-47-70-68-33-13-23-43-88(68)101-93(70)91)97(89)81-50-46-69-67-32-12-22-42-87(67)100-92(69)90(81)98(85)83-40-20-10-24-59(83)56-44-48-79-71(52-56)65-30-8-18-38-77(65)95(79)73-34-14-4-26-61(73)62-27-5-15-35-74(62)95/h4-55H,1-3H3. The number of nitrogens with zero attached hydrogens (tertiary/aromatic N) is 2. The second-order valence-electron chi connectivity index (χ2n) is 29.6. The minimum Gasteiger partial charge on any atom is -0.454 e. The Morgan fingerprint density at radius 1 is 0.277 bits per heavy atom. The zero-order valence-electron chi connectivity index (χ0n) is 55.8. The highest BCUT2D eigenvalue weighted by atomic mass is 16.3. The quantitative estimate of drug-likeness (QED) is 0.164. The van der Waals surface area contributed by atoms with E-state index in [4.69, 9.17) is 8.83 Å². The lowest BCUT2D eigenvalue weighted by Crippen LogP contribution is -2.61. The predicted molar refractivity (Wildman–Crippen MR) is 417 cm³/mol. The second-order valence-corrected chi connectivity index (χ2v) is 29.6. The molecule has 470 valence electrons. The summed E-state index contributed by atoms with van der Waals surface area (Å²) >= 11 is 0. The van der Waals surface area contributed by atoms with Crippen molar-refractivity contribution in [3.05, 3.63) is 366 Å². The van der Waals surface area contributed by atoms with Crippen LogP contribution in [0, 0.1) is 0 Å². The topological polar surface area (TPSA) is 32.8 Å². The van der Waals surface area contributed by atoms with Crippen molar-refractivity contribution < 1.29 is 8.83 Å². The van der Waals surface area contributed by atoms with E-state index in [0.29, 0.717) is 0 Å². The lowest BCUT2D eigenvalue weighted by molar-refractivity contribution is 0.590. The molecule has 0 bridgehead atoms. The maximum atomic E-state index is 7.41. The summed E-state index contributed by atoms with van der Waals surface area (Å²) < 4.78 is 14.8. The summed E-state index contributed by atoms with van der Waals surface area (Å²) in [6.07, 6.45) is 0. The van der Waals surface area contributed by atoms with Crippen molar-refractivity contribution in [3.8, 4) is 66.8 Å². The largest absolute Gasteiger partial charge is 0.454 e. The molecule has 2 spiro atoms. The van der Waals surface area contributed by atoms with Crippen molar-refractivity contribution in [1.29, 1.82) is 0 Å². The van der Waals surface area contributed by atoms with Gasteiger partial charge in [-0.25, -0.2) is 0 Å². The molecule has 0 atom stereocenters. The third kappa shape index (κ3) is 6.96. The maximum absolute atomic E-state index is 7.41. The monoisotopic (exact) mass is 1280 g/mol. The third-order valence-electron chi connectivity index (χ3n) is 23.9. The molecule has 0 amide bonds.